The molecule has 3 heteroatoms. The quantitative estimate of drug-likeness (QED) is 0.826. The van der Waals surface area contributed by atoms with Gasteiger partial charge in [-0.3, -0.25) is 0 Å². The minimum atomic E-state index is -0.620. The van der Waals surface area contributed by atoms with Crippen molar-refractivity contribution in [1.29, 1.82) is 0 Å². The number of benzene rings is 1. The van der Waals surface area contributed by atoms with E-state index in [1.54, 1.807) is 13.0 Å². The van der Waals surface area contributed by atoms with Gasteiger partial charge in [-0.15, -0.1) is 0 Å². The molecule has 0 aliphatic carbocycles. The van der Waals surface area contributed by atoms with Crippen molar-refractivity contribution in [2.45, 2.75) is 26.9 Å². The second-order valence-electron chi connectivity index (χ2n) is 4.59. The van der Waals surface area contributed by atoms with Crippen LogP contribution in [0, 0.1) is 24.6 Å². The number of halogens is 1. The number of hydrogen-bond donors (Lipinski definition) is 2. The first-order valence-corrected chi connectivity index (χ1v) is 5.61. The predicted octanol–water partition coefficient (Wildman–Crippen LogP) is 2.40. The Labute approximate surface area is 96.3 Å². The Kier molecular flexibility index (Phi) is 4.44. The molecule has 0 aliphatic rings. The van der Waals surface area contributed by atoms with Crippen molar-refractivity contribution in [3.8, 4) is 0 Å². The maximum absolute atomic E-state index is 12.9. The molecule has 0 saturated heterocycles. The Balaban J connectivity index is 2.99. The Morgan fingerprint density at radius 2 is 2.00 bits per heavy atom. The van der Waals surface area contributed by atoms with E-state index in [1.807, 2.05) is 13.8 Å². The molecule has 0 aromatic heterocycles. The highest BCUT2D eigenvalue weighted by Crippen LogP contribution is 2.29. The van der Waals surface area contributed by atoms with Crippen molar-refractivity contribution in [3.63, 3.8) is 0 Å². The summed E-state index contributed by atoms with van der Waals surface area (Å²) in [4.78, 5) is 0. The summed E-state index contributed by atoms with van der Waals surface area (Å²) in [5.74, 6) is 0.0240. The van der Waals surface area contributed by atoms with Crippen molar-refractivity contribution in [1.82, 2.24) is 0 Å². The summed E-state index contributed by atoms with van der Waals surface area (Å²) in [6, 6.07) is 4.45. The lowest BCUT2D eigenvalue weighted by molar-refractivity contribution is 0.0855. The van der Waals surface area contributed by atoms with Crippen LogP contribution in [-0.4, -0.2) is 11.7 Å². The standard InChI is InChI=1S/C13H20FNO/c1-8(2)12(7-15)13(16)11-5-4-10(14)6-9(11)3/h4-6,8,12-13,16H,7,15H2,1-3H3. The zero-order valence-electron chi connectivity index (χ0n) is 10.1. The Hall–Kier alpha value is -0.930. The van der Waals surface area contributed by atoms with Crippen LogP contribution in [0.2, 0.25) is 0 Å². The first kappa shape index (κ1) is 13.1. The number of aliphatic hydroxyl groups is 1. The third-order valence-corrected chi connectivity index (χ3v) is 3.08. The molecule has 2 nitrogen and oxygen atoms in total. The smallest absolute Gasteiger partial charge is 0.123 e. The summed E-state index contributed by atoms with van der Waals surface area (Å²) in [7, 11) is 0. The van der Waals surface area contributed by atoms with Crippen LogP contribution in [0.25, 0.3) is 0 Å². The van der Waals surface area contributed by atoms with Gasteiger partial charge in [-0.2, -0.15) is 0 Å². The highest BCUT2D eigenvalue weighted by atomic mass is 19.1. The molecule has 0 spiro atoms. The lowest BCUT2D eigenvalue weighted by Crippen LogP contribution is -2.27. The maximum atomic E-state index is 12.9. The largest absolute Gasteiger partial charge is 0.388 e. The fraction of sp³-hybridized carbons (Fsp3) is 0.538. The topological polar surface area (TPSA) is 46.2 Å². The Morgan fingerprint density at radius 3 is 2.44 bits per heavy atom. The molecule has 1 aromatic rings. The lowest BCUT2D eigenvalue weighted by Gasteiger charge is -2.26. The van der Waals surface area contributed by atoms with Gasteiger partial charge in [0.15, 0.2) is 0 Å². The van der Waals surface area contributed by atoms with Crippen molar-refractivity contribution < 1.29 is 9.50 Å². The van der Waals surface area contributed by atoms with Gasteiger partial charge < -0.3 is 10.8 Å². The van der Waals surface area contributed by atoms with Crippen LogP contribution < -0.4 is 5.73 Å². The Morgan fingerprint density at radius 1 is 1.38 bits per heavy atom. The summed E-state index contributed by atoms with van der Waals surface area (Å²) in [6.45, 7) is 6.28. The van der Waals surface area contributed by atoms with Crippen molar-refractivity contribution >= 4 is 0 Å². The second-order valence-corrected chi connectivity index (χ2v) is 4.59. The highest BCUT2D eigenvalue weighted by molar-refractivity contribution is 5.29. The molecule has 2 atom stereocenters. The first-order chi connectivity index (χ1) is 7.47. The maximum Gasteiger partial charge on any atom is 0.123 e. The van der Waals surface area contributed by atoms with Gasteiger partial charge in [-0.05, 0) is 42.6 Å². The molecule has 0 heterocycles. The van der Waals surface area contributed by atoms with Crippen LogP contribution in [0.1, 0.15) is 31.1 Å². The molecule has 0 saturated carbocycles. The highest BCUT2D eigenvalue weighted by Gasteiger charge is 2.23. The van der Waals surface area contributed by atoms with Gasteiger partial charge in [0.1, 0.15) is 5.82 Å². The van der Waals surface area contributed by atoms with Gasteiger partial charge in [0.25, 0.3) is 0 Å². The van der Waals surface area contributed by atoms with E-state index in [2.05, 4.69) is 0 Å². The average Bonchev–Trinajstić information content (AvgIpc) is 2.17. The normalized spacial score (nSPS) is 15.2. The van der Waals surface area contributed by atoms with Gasteiger partial charge in [-0.25, -0.2) is 4.39 Å². The second kappa shape index (κ2) is 5.41. The fourth-order valence-electron chi connectivity index (χ4n) is 1.97. The number of rotatable bonds is 4. The summed E-state index contributed by atoms with van der Waals surface area (Å²) in [5.41, 5.74) is 7.20. The van der Waals surface area contributed by atoms with E-state index in [1.165, 1.54) is 12.1 Å². The monoisotopic (exact) mass is 225 g/mol. The van der Waals surface area contributed by atoms with Gasteiger partial charge in [0.05, 0.1) is 6.10 Å². The van der Waals surface area contributed by atoms with Gasteiger partial charge in [-0.1, -0.05) is 19.9 Å². The van der Waals surface area contributed by atoms with E-state index in [9.17, 15) is 9.50 Å². The molecule has 1 rings (SSSR count). The fourth-order valence-corrected chi connectivity index (χ4v) is 1.97. The first-order valence-electron chi connectivity index (χ1n) is 5.61. The molecule has 3 N–H and O–H groups in total. The predicted molar refractivity (Wildman–Crippen MR) is 63.5 cm³/mol. The number of hydrogen-bond acceptors (Lipinski definition) is 2. The SMILES string of the molecule is Cc1cc(F)ccc1C(O)C(CN)C(C)C. The third-order valence-electron chi connectivity index (χ3n) is 3.08. The molecule has 2 unspecified atom stereocenters. The third kappa shape index (κ3) is 2.80. The van der Waals surface area contributed by atoms with Crippen molar-refractivity contribution in [3.05, 3.63) is 35.1 Å². The molecule has 0 aliphatic heterocycles. The van der Waals surface area contributed by atoms with Crippen molar-refractivity contribution in [2.24, 2.45) is 17.6 Å². The van der Waals surface area contributed by atoms with Gasteiger partial charge in [0, 0.05) is 5.92 Å². The molecule has 0 fully saturated rings. The van der Waals surface area contributed by atoms with E-state index in [4.69, 9.17) is 5.73 Å². The minimum Gasteiger partial charge on any atom is -0.388 e. The van der Waals surface area contributed by atoms with Crippen molar-refractivity contribution in [2.75, 3.05) is 6.54 Å². The van der Waals surface area contributed by atoms with Crippen LogP contribution in [0.15, 0.2) is 18.2 Å². The minimum absolute atomic E-state index is 0.00385. The van der Waals surface area contributed by atoms with Gasteiger partial charge in [0.2, 0.25) is 0 Å². The van der Waals surface area contributed by atoms with E-state index < -0.39 is 6.10 Å². The molecular formula is C13H20FNO. The molecule has 16 heavy (non-hydrogen) atoms. The zero-order valence-corrected chi connectivity index (χ0v) is 10.1. The van der Waals surface area contributed by atoms with Crippen LogP contribution in [0.4, 0.5) is 4.39 Å². The molecule has 0 amide bonds. The van der Waals surface area contributed by atoms with Crippen LogP contribution in [-0.2, 0) is 0 Å². The lowest BCUT2D eigenvalue weighted by atomic mass is 9.85. The number of aryl methyl sites for hydroxylation is 1. The molecular weight excluding hydrogens is 205 g/mol. The van der Waals surface area contributed by atoms with Gasteiger partial charge >= 0.3 is 0 Å². The molecule has 0 radical (unpaired) electrons. The van der Waals surface area contributed by atoms with E-state index in [0.717, 1.165) is 11.1 Å². The molecule has 1 aromatic carbocycles. The zero-order chi connectivity index (χ0) is 12.3. The summed E-state index contributed by atoms with van der Waals surface area (Å²) in [6.07, 6.45) is -0.620. The van der Waals surface area contributed by atoms with Crippen LogP contribution >= 0.6 is 0 Å². The van der Waals surface area contributed by atoms with E-state index in [-0.39, 0.29) is 11.7 Å². The summed E-state index contributed by atoms with van der Waals surface area (Å²) in [5, 5.41) is 10.2. The number of aliphatic hydroxyl groups excluding tert-OH is 1. The molecule has 90 valence electrons. The average molecular weight is 225 g/mol. The summed E-state index contributed by atoms with van der Waals surface area (Å²) >= 11 is 0. The molecule has 0 bridgehead atoms. The summed E-state index contributed by atoms with van der Waals surface area (Å²) < 4.78 is 12.9. The Bertz CT molecular complexity index is 352. The number of nitrogens with two attached hydrogens (primary N) is 1. The van der Waals surface area contributed by atoms with E-state index in [0.29, 0.717) is 12.5 Å². The van der Waals surface area contributed by atoms with Crippen LogP contribution in [0.5, 0.6) is 0 Å². The van der Waals surface area contributed by atoms with Crippen LogP contribution in [0.3, 0.4) is 0 Å². The van der Waals surface area contributed by atoms with E-state index >= 15 is 0 Å².